The molecule has 8 amide bonds. The third-order valence-corrected chi connectivity index (χ3v) is 19.5. The third kappa shape index (κ3) is 9.79. The number of benzene rings is 3. The van der Waals surface area contributed by atoms with Crippen LogP contribution in [0.25, 0.3) is 22.3 Å². The van der Waals surface area contributed by atoms with E-state index in [1.165, 1.54) is 31.4 Å². The van der Waals surface area contributed by atoms with Gasteiger partial charge in [0, 0.05) is 91.2 Å². The van der Waals surface area contributed by atoms with Crippen molar-refractivity contribution < 1.29 is 42.7 Å². The first-order chi connectivity index (χ1) is 40.8. The molecular weight excluding hydrogens is 1080 g/mol. The number of likely N-dealkylation sites (tertiary alicyclic amines) is 3. The summed E-state index contributed by atoms with van der Waals surface area (Å²) >= 11 is 0. The molecule has 85 heavy (non-hydrogen) atoms. The van der Waals surface area contributed by atoms with Gasteiger partial charge in [-0.3, -0.25) is 48.6 Å². The lowest BCUT2D eigenvalue weighted by atomic mass is 9.73. The van der Waals surface area contributed by atoms with Crippen LogP contribution in [0.5, 0.6) is 0 Å². The predicted octanol–water partition coefficient (Wildman–Crippen LogP) is 7.37. The molecule has 0 radical (unpaired) electrons. The van der Waals surface area contributed by atoms with Gasteiger partial charge in [-0.2, -0.15) is 0 Å². The fourth-order valence-corrected chi connectivity index (χ4v) is 14.7. The van der Waals surface area contributed by atoms with Gasteiger partial charge >= 0.3 is 0 Å². The molecule has 444 valence electrons. The minimum atomic E-state index is -1.07. The standard InChI is InChI=1S/C64H73FN12O8/c1-34(2)67-57(79)44-30-49(46(65)24-36(44)5)70-56-55-50(66-33-75(55)35(3)4)31-48(69-56)37-12-13-45-52(27-37)76(42-28-41(29-42)72-19-7-6-8-20-72)63(85)64(45)17-22-73(23-18-64)59(81)38-16-21-74(32-38)60(82)39-25-40(26-39)68-47-11-9-10-43-54(47)62(84)77(61(43)83)51-14-15-53(78)71-58(51)80/h9-13,24,27,30-31,33-35,38-42,51,68H,6-8,14-23,25-26,28-29,32H2,1-5H3,(H,67,79)(H,69,70)(H,71,78,80)/t38?,39-,40+,41-,42+,51?. The van der Waals surface area contributed by atoms with Crippen molar-refractivity contribution in [2.24, 2.45) is 11.8 Å². The fraction of sp³-hybridized carbons (Fsp3) is 0.500. The lowest BCUT2D eigenvalue weighted by Gasteiger charge is -2.48. The van der Waals surface area contributed by atoms with Crippen molar-refractivity contribution in [1.29, 1.82) is 0 Å². The normalized spacial score (nSPS) is 24.7. The number of pyridine rings is 1. The van der Waals surface area contributed by atoms with E-state index in [4.69, 9.17) is 9.97 Å². The maximum Gasteiger partial charge on any atom is 0.264 e. The van der Waals surface area contributed by atoms with E-state index in [0.717, 1.165) is 47.6 Å². The Morgan fingerprint density at radius 1 is 0.776 bits per heavy atom. The molecule has 2 atom stereocenters. The van der Waals surface area contributed by atoms with Crippen LogP contribution in [-0.4, -0.2) is 151 Å². The van der Waals surface area contributed by atoms with Crippen LogP contribution in [0, 0.1) is 24.6 Å². The Kier molecular flexibility index (Phi) is 14.4. The molecule has 2 unspecified atom stereocenters. The molecule has 5 aromatic rings. The molecule has 21 heteroatoms. The van der Waals surface area contributed by atoms with Crippen molar-refractivity contribution >= 4 is 81.2 Å². The number of aryl methyl sites for hydroxylation is 1. The highest BCUT2D eigenvalue weighted by Crippen LogP contribution is 2.53. The average Bonchev–Trinajstić information content (AvgIpc) is 1.63. The van der Waals surface area contributed by atoms with E-state index in [9.17, 15) is 33.6 Å². The molecule has 4 saturated heterocycles. The summed E-state index contributed by atoms with van der Waals surface area (Å²) in [5, 5.41) is 11.8. The smallest absolute Gasteiger partial charge is 0.264 e. The quantitative estimate of drug-likeness (QED) is 0.0845. The van der Waals surface area contributed by atoms with Crippen molar-refractivity contribution in [3.63, 3.8) is 0 Å². The molecule has 8 aliphatic rings. The van der Waals surface area contributed by atoms with Gasteiger partial charge < -0.3 is 40.1 Å². The Morgan fingerprint density at radius 3 is 2.26 bits per heavy atom. The van der Waals surface area contributed by atoms with E-state index >= 15 is 9.18 Å². The number of carbonyl (C=O) groups excluding carboxylic acids is 8. The van der Waals surface area contributed by atoms with Gasteiger partial charge in [0.2, 0.25) is 29.5 Å². The van der Waals surface area contributed by atoms with Crippen LogP contribution < -0.4 is 26.2 Å². The third-order valence-electron chi connectivity index (χ3n) is 19.5. The van der Waals surface area contributed by atoms with E-state index in [1.807, 2.05) is 49.3 Å². The number of hydrogen-bond acceptors (Lipinski definition) is 13. The number of aromatic nitrogens is 3. The highest BCUT2D eigenvalue weighted by molar-refractivity contribution is 6.25. The summed E-state index contributed by atoms with van der Waals surface area (Å²) < 4.78 is 17.9. The number of carbonyl (C=O) groups is 8. The first-order valence-electron chi connectivity index (χ1n) is 30.5. The molecule has 4 N–H and O–H groups in total. The van der Waals surface area contributed by atoms with Gasteiger partial charge in [0.1, 0.15) is 17.4 Å². The number of nitrogens with zero attached hydrogens (tertiary/aromatic N) is 8. The topological polar surface area (TPSA) is 232 Å². The zero-order valence-corrected chi connectivity index (χ0v) is 48.8. The van der Waals surface area contributed by atoms with Crippen LogP contribution in [0.1, 0.15) is 153 Å². The highest BCUT2D eigenvalue weighted by atomic mass is 19.1. The number of hydrogen-bond donors (Lipinski definition) is 4. The van der Waals surface area contributed by atoms with Crippen molar-refractivity contribution in [1.82, 2.24) is 44.8 Å². The zero-order valence-electron chi connectivity index (χ0n) is 48.8. The number of nitrogens with one attached hydrogen (secondary N) is 4. The zero-order chi connectivity index (χ0) is 59.3. The molecule has 13 rings (SSSR count). The van der Waals surface area contributed by atoms with Crippen LogP contribution in [-0.2, 0) is 29.4 Å². The van der Waals surface area contributed by atoms with Gasteiger partial charge in [0.15, 0.2) is 5.82 Å². The molecular formula is C64H73FN12O8. The Bertz CT molecular complexity index is 3630. The summed E-state index contributed by atoms with van der Waals surface area (Å²) in [5.41, 5.74) is 5.39. The predicted molar refractivity (Wildman–Crippen MR) is 316 cm³/mol. The van der Waals surface area contributed by atoms with Crippen LogP contribution in [0.4, 0.5) is 27.3 Å². The van der Waals surface area contributed by atoms with Crippen LogP contribution >= 0.6 is 0 Å². The summed E-state index contributed by atoms with van der Waals surface area (Å²) in [4.78, 5) is 128. The van der Waals surface area contributed by atoms with E-state index in [-0.39, 0.29) is 89.3 Å². The van der Waals surface area contributed by atoms with E-state index in [2.05, 4.69) is 43.2 Å². The number of imidazole rings is 1. The number of halogens is 1. The summed E-state index contributed by atoms with van der Waals surface area (Å²) in [6.07, 6.45) is 9.65. The molecule has 1 spiro atoms. The first-order valence-corrected chi connectivity index (χ1v) is 30.5. The number of amides is 8. The number of imide groups is 2. The molecule has 2 saturated carbocycles. The minimum absolute atomic E-state index is 0.00367. The molecule has 8 heterocycles. The fourth-order valence-electron chi connectivity index (χ4n) is 14.7. The molecule has 6 aliphatic heterocycles. The Labute approximate surface area is 492 Å². The largest absolute Gasteiger partial charge is 0.382 e. The van der Waals surface area contributed by atoms with Crippen LogP contribution in [0.2, 0.25) is 0 Å². The second-order valence-corrected chi connectivity index (χ2v) is 25.5. The van der Waals surface area contributed by atoms with Crippen molar-refractivity contribution in [3.8, 4) is 11.3 Å². The number of fused-ring (bicyclic) bond motifs is 4. The van der Waals surface area contributed by atoms with Crippen molar-refractivity contribution in [2.75, 3.05) is 54.8 Å². The summed E-state index contributed by atoms with van der Waals surface area (Å²) in [5.74, 6) is -3.36. The van der Waals surface area contributed by atoms with Gasteiger partial charge in [-0.1, -0.05) is 24.6 Å². The Balaban J connectivity index is 0.700. The number of piperidine rings is 3. The van der Waals surface area contributed by atoms with Gasteiger partial charge in [0.25, 0.3) is 17.7 Å². The molecule has 20 nitrogen and oxygen atoms in total. The highest BCUT2D eigenvalue weighted by Gasteiger charge is 2.56. The van der Waals surface area contributed by atoms with Gasteiger partial charge in [-0.05, 0) is 159 Å². The lowest BCUT2D eigenvalue weighted by Crippen LogP contribution is -2.58. The van der Waals surface area contributed by atoms with Gasteiger partial charge in [-0.15, -0.1) is 0 Å². The van der Waals surface area contributed by atoms with Gasteiger partial charge in [0.05, 0.1) is 45.7 Å². The maximum absolute atomic E-state index is 16.0. The molecule has 6 fully saturated rings. The lowest BCUT2D eigenvalue weighted by molar-refractivity contribution is -0.141. The average molecular weight is 1160 g/mol. The molecule has 2 aliphatic carbocycles. The summed E-state index contributed by atoms with van der Waals surface area (Å²) in [6.45, 7) is 13.2. The number of anilines is 4. The SMILES string of the molecule is Cc1cc(F)c(Nc2nc(-c3ccc4c(c3)N([C@H]3C[C@@H](N5CCCCC5)C3)C(=O)C43CCN(C(=O)C4CCN(C(=O)[C@H]5C[C@@H](Nc6cccc7c6C(=O)N(C6CCC(=O)NC6=O)C7=O)C5)C4)CC3)cc3ncn(C(C)C)c23)cc1C(=O)NC(C)C. The van der Waals surface area contributed by atoms with Crippen LogP contribution in [0.15, 0.2) is 60.9 Å². The van der Waals surface area contributed by atoms with Crippen LogP contribution in [0.3, 0.4) is 0 Å². The Hall–Kier alpha value is -8.07. The second kappa shape index (κ2) is 21.8. The molecule has 0 bridgehead atoms. The van der Waals surface area contributed by atoms with Crippen molar-refractivity contribution in [3.05, 3.63) is 94.6 Å². The molecule has 2 aromatic heterocycles. The first kappa shape index (κ1) is 56.1. The minimum Gasteiger partial charge on any atom is -0.382 e. The van der Waals surface area contributed by atoms with E-state index in [0.29, 0.717) is 104 Å². The maximum atomic E-state index is 16.0. The summed E-state index contributed by atoms with van der Waals surface area (Å²) in [7, 11) is 0. The van der Waals surface area contributed by atoms with Gasteiger partial charge in [-0.25, -0.2) is 14.4 Å². The molecule has 3 aromatic carbocycles. The monoisotopic (exact) mass is 1160 g/mol. The second-order valence-electron chi connectivity index (χ2n) is 25.5. The number of rotatable bonds is 13. The summed E-state index contributed by atoms with van der Waals surface area (Å²) in [6, 6.07) is 15.0. The van der Waals surface area contributed by atoms with E-state index in [1.54, 1.807) is 36.4 Å². The van der Waals surface area contributed by atoms with Crippen molar-refractivity contribution in [2.45, 2.75) is 153 Å². The van der Waals surface area contributed by atoms with E-state index < -0.39 is 40.9 Å². The Morgan fingerprint density at radius 2 is 1.53 bits per heavy atom.